The van der Waals surface area contributed by atoms with E-state index in [1.54, 1.807) is 4.74 Å². The third-order valence-corrected chi connectivity index (χ3v) is 4.26. The van der Waals surface area contributed by atoms with Crippen LogP contribution in [0.3, 0.4) is 0 Å². The first-order chi connectivity index (χ1) is 12.3. The molecular formula is C22H17NO2. The molecule has 25 heavy (non-hydrogen) atoms. The van der Waals surface area contributed by atoms with Crippen molar-refractivity contribution in [2.45, 2.75) is 6.92 Å². The molecule has 0 bridgehead atoms. The Labute approximate surface area is 145 Å². The number of aryl methyl sites for hydroxylation is 1. The SMILES string of the molecule is Cc1ccccc1-n1oc(=O)c(-c2ccccc2)c1-c1ccccc1. The maximum Gasteiger partial charge on any atom is 0.366 e. The summed E-state index contributed by atoms with van der Waals surface area (Å²) in [5.41, 5.74) is 4.70. The molecule has 0 aliphatic rings. The van der Waals surface area contributed by atoms with Gasteiger partial charge < -0.3 is 4.52 Å². The second-order valence-corrected chi connectivity index (χ2v) is 5.92. The van der Waals surface area contributed by atoms with Crippen molar-refractivity contribution in [2.75, 3.05) is 0 Å². The average Bonchev–Trinajstić information content (AvgIpc) is 3.00. The molecule has 3 heteroatoms. The summed E-state index contributed by atoms with van der Waals surface area (Å²) in [6, 6.07) is 27.4. The highest BCUT2D eigenvalue weighted by atomic mass is 16.5. The van der Waals surface area contributed by atoms with E-state index in [1.807, 2.05) is 91.9 Å². The van der Waals surface area contributed by atoms with Crippen LogP contribution in [0.25, 0.3) is 28.1 Å². The molecule has 0 saturated heterocycles. The third kappa shape index (κ3) is 2.70. The van der Waals surface area contributed by atoms with Crippen LogP contribution in [-0.2, 0) is 0 Å². The second kappa shape index (κ2) is 6.29. The summed E-state index contributed by atoms with van der Waals surface area (Å²) < 4.78 is 7.33. The molecule has 0 atom stereocenters. The Balaban J connectivity index is 2.07. The molecule has 4 rings (SSSR count). The molecule has 0 spiro atoms. The Hall–Kier alpha value is -3.33. The Morgan fingerprint density at radius 3 is 1.92 bits per heavy atom. The van der Waals surface area contributed by atoms with Gasteiger partial charge in [0.1, 0.15) is 5.69 Å². The van der Waals surface area contributed by atoms with Crippen molar-refractivity contribution in [2.24, 2.45) is 0 Å². The molecule has 0 amide bonds. The van der Waals surface area contributed by atoms with Gasteiger partial charge in [-0.05, 0) is 24.1 Å². The number of benzene rings is 3. The number of aromatic nitrogens is 1. The van der Waals surface area contributed by atoms with Crippen LogP contribution in [-0.4, -0.2) is 4.74 Å². The molecule has 0 saturated carbocycles. The number of hydrogen-bond acceptors (Lipinski definition) is 2. The number of nitrogens with zero attached hydrogens (tertiary/aromatic N) is 1. The van der Waals surface area contributed by atoms with Crippen LogP contribution in [0.4, 0.5) is 0 Å². The van der Waals surface area contributed by atoms with Crippen LogP contribution in [0.1, 0.15) is 5.56 Å². The van der Waals surface area contributed by atoms with E-state index in [9.17, 15) is 4.79 Å². The Bertz CT molecular complexity index is 1060. The van der Waals surface area contributed by atoms with E-state index in [4.69, 9.17) is 4.52 Å². The zero-order valence-corrected chi connectivity index (χ0v) is 13.8. The number of rotatable bonds is 3. The molecule has 122 valence electrons. The molecule has 0 aliphatic carbocycles. The van der Waals surface area contributed by atoms with Crippen LogP contribution in [0, 0.1) is 6.92 Å². The largest absolute Gasteiger partial charge is 0.366 e. The Kier molecular flexibility index (Phi) is 3.82. The van der Waals surface area contributed by atoms with Gasteiger partial charge in [0.2, 0.25) is 0 Å². The minimum absolute atomic E-state index is 0.340. The summed E-state index contributed by atoms with van der Waals surface area (Å²) in [7, 11) is 0. The zero-order valence-electron chi connectivity index (χ0n) is 13.8. The van der Waals surface area contributed by atoms with Crippen molar-refractivity contribution in [1.82, 2.24) is 4.74 Å². The van der Waals surface area contributed by atoms with E-state index in [0.29, 0.717) is 5.56 Å². The van der Waals surface area contributed by atoms with E-state index in [1.165, 1.54) is 0 Å². The molecule has 0 radical (unpaired) electrons. The van der Waals surface area contributed by atoms with Crippen molar-refractivity contribution >= 4 is 0 Å². The van der Waals surface area contributed by atoms with Crippen molar-refractivity contribution in [1.29, 1.82) is 0 Å². The lowest BCUT2D eigenvalue weighted by atomic mass is 10.0. The summed E-state index contributed by atoms with van der Waals surface area (Å²) in [6.45, 7) is 2.01. The average molecular weight is 327 g/mol. The highest BCUT2D eigenvalue weighted by Gasteiger charge is 2.22. The fourth-order valence-electron chi connectivity index (χ4n) is 3.05. The fourth-order valence-corrected chi connectivity index (χ4v) is 3.05. The van der Waals surface area contributed by atoms with Gasteiger partial charge in [0.05, 0.1) is 11.3 Å². The molecule has 1 aromatic heterocycles. The first-order valence-electron chi connectivity index (χ1n) is 8.19. The predicted molar refractivity (Wildman–Crippen MR) is 99.9 cm³/mol. The molecule has 0 fully saturated rings. The smallest absolute Gasteiger partial charge is 0.330 e. The van der Waals surface area contributed by atoms with E-state index >= 15 is 0 Å². The van der Waals surface area contributed by atoms with Crippen molar-refractivity contribution in [3.63, 3.8) is 0 Å². The Morgan fingerprint density at radius 1 is 0.720 bits per heavy atom. The summed E-state index contributed by atoms with van der Waals surface area (Å²) >= 11 is 0. The normalized spacial score (nSPS) is 10.8. The lowest BCUT2D eigenvalue weighted by Gasteiger charge is -2.10. The highest BCUT2D eigenvalue weighted by Crippen LogP contribution is 2.32. The summed E-state index contributed by atoms with van der Waals surface area (Å²) in [6.07, 6.45) is 0. The first-order valence-corrected chi connectivity index (χ1v) is 8.19. The van der Waals surface area contributed by atoms with E-state index in [-0.39, 0.29) is 5.63 Å². The number of hydrogen-bond donors (Lipinski definition) is 0. The van der Waals surface area contributed by atoms with Gasteiger partial charge in [-0.2, -0.15) is 4.74 Å². The van der Waals surface area contributed by atoms with Gasteiger partial charge in [0.15, 0.2) is 0 Å². The lowest BCUT2D eigenvalue weighted by Crippen LogP contribution is -1.98. The van der Waals surface area contributed by atoms with Gasteiger partial charge in [-0.25, -0.2) is 4.79 Å². The molecule has 0 unspecified atom stereocenters. The van der Waals surface area contributed by atoms with Crippen LogP contribution in [0.15, 0.2) is 94.2 Å². The van der Waals surface area contributed by atoms with Gasteiger partial charge >= 0.3 is 5.63 Å². The molecule has 0 aliphatic heterocycles. The van der Waals surface area contributed by atoms with Gasteiger partial charge in [-0.15, -0.1) is 0 Å². The van der Waals surface area contributed by atoms with E-state index in [2.05, 4.69) is 0 Å². The monoisotopic (exact) mass is 327 g/mol. The van der Waals surface area contributed by atoms with Crippen LogP contribution < -0.4 is 5.63 Å². The van der Waals surface area contributed by atoms with Crippen LogP contribution in [0.5, 0.6) is 0 Å². The maximum atomic E-state index is 12.7. The quantitative estimate of drug-likeness (QED) is 0.526. The molecule has 4 aromatic rings. The van der Waals surface area contributed by atoms with Crippen molar-refractivity contribution < 1.29 is 4.52 Å². The van der Waals surface area contributed by atoms with Gasteiger partial charge in [0.25, 0.3) is 0 Å². The molecule has 0 N–H and O–H groups in total. The topological polar surface area (TPSA) is 35.1 Å². The second-order valence-electron chi connectivity index (χ2n) is 5.92. The first kappa shape index (κ1) is 15.2. The van der Waals surface area contributed by atoms with Gasteiger partial charge in [0, 0.05) is 5.56 Å². The highest BCUT2D eigenvalue weighted by molar-refractivity contribution is 5.81. The minimum Gasteiger partial charge on any atom is -0.330 e. The van der Waals surface area contributed by atoms with E-state index < -0.39 is 0 Å². The minimum atomic E-state index is -0.340. The maximum absolute atomic E-state index is 12.7. The van der Waals surface area contributed by atoms with E-state index in [0.717, 1.165) is 28.1 Å². The summed E-state index contributed by atoms with van der Waals surface area (Å²) in [5, 5.41) is 0. The predicted octanol–water partition coefficient (Wildman–Crippen LogP) is 5.07. The number of para-hydroxylation sites is 1. The zero-order chi connectivity index (χ0) is 17.2. The lowest BCUT2D eigenvalue weighted by molar-refractivity contribution is 0.326. The van der Waals surface area contributed by atoms with Gasteiger partial charge in [-0.1, -0.05) is 78.9 Å². The van der Waals surface area contributed by atoms with Crippen molar-refractivity contribution in [3.05, 3.63) is 101 Å². The molecule has 3 nitrogen and oxygen atoms in total. The molecule has 1 heterocycles. The third-order valence-electron chi connectivity index (χ3n) is 4.26. The van der Waals surface area contributed by atoms with Crippen molar-refractivity contribution in [3.8, 4) is 28.1 Å². The molecule has 3 aromatic carbocycles. The fraction of sp³-hybridized carbons (Fsp3) is 0.0455. The van der Waals surface area contributed by atoms with Crippen LogP contribution in [0.2, 0.25) is 0 Å². The summed E-state index contributed by atoms with van der Waals surface area (Å²) in [4.78, 5) is 12.7. The standard InChI is InChI=1S/C22H17NO2/c1-16-10-8-9-15-19(16)23-21(18-13-6-3-7-14-18)20(22(24)25-23)17-11-4-2-5-12-17/h2-15H,1H3. The Morgan fingerprint density at radius 2 is 1.28 bits per heavy atom. The molecular weight excluding hydrogens is 310 g/mol. The summed E-state index contributed by atoms with van der Waals surface area (Å²) in [5.74, 6) is 0. The van der Waals surface area contributed by atoms with Gasteiger partial charge in [-0.3, -0.25) is 0 Å². The van der Waals surface area contributed by atoms with Crippen LogP contribution >= 0.6 is 0 Å².